The topological polar surface area (TPSA) is 17.3 Å². The highest BCUT2D eigenvalue weighted by Crippen LogP contribution is 2.46. The fourth-order valence-corrected chi connectivity index (χ4v) is 2.95. The first-order valence-corrected chi connectivity index (χ1v) is 5.93. The van der Waals surface area contributed by atoms with E-state index in [1.54, 1.807) is 11.3 Å². The van der Waals surface area contributed by atoms with Gasteiger partial charge in [-0.2, -0.15) is 0 Å². The molecule has 2 heterocycles. The van der Waals surface area contributed by atoms with Crippen LogP contribution in [0.4, 0.5) is 0 Å². The highest BCUT2D eigenvalue weighted by molar-refractivity contribution is 7.17. The van der Waals surface area contributed by atoms with Gasteiger partial charge in [-0.25, -0.2) is 4.98 Å². The van der Waals surface area contributed by atoms with Crippen LogP contribution in [0, 0.1) is 19.8 Å². The van der Waals surface area contributed by atoms with E-state index >= 15 is 0 Å². The zero-order chi connectivity index (χ0) is 9.87. The van der Waals surface area contributed by atoms with Crippen molar-refractivity contribution in [2.24, 2.45) is 5.92 Å². The average Bonchev–Trinajstić information content (AvgIpc) is 2.64. The second-order valence-electron chi connectivity index (χ2n) is 4.38. The summed E-state index contributed by atoms with van der Waals surface area (Å²) in [5.41, 5.74) is 2.64. The molecular weight excluding hydrogens is 192 g/mol. The Morgan fingerprint density at radius 2 is 2.21 bits per heavy atom. The molecule has 2 aromatic heterocycles. The van der Waals surface area contributed by atoms with E-state index in [0.717, 1.165) is 16.8 Å². The Balaban J connectivity index is 2.13. The Hall–Kier alpha value is -0.830. The minimum absolute atomic E-state index is 0.738. The van der Waals surface area contributed by atoms with Crippen molar-refractivity contribution >= 4 is 16.3 Å². The van der Waals surface area contributed by atoms with Crippen LogP contribution >= 0.6 is 11.3 Å². The van der Waals surface area contributed by atoms with E-state index < -0.39 is 0 Å². The summed E-state index contributed by atoms with van der Waals surface area (Å²) in [6.45, 7) is 6.63. The highest BCUT2D eigenvalue weighted by Gasteiger charge is 2.36. The van der Waals surface area contributed by atoms with Gasteiger partial charge in [-0.15, -0.1) is 11.3 Å². The molecule has 1 saturated carbocycles. The molecule has 74 valence electrons. The van der Waals surface area contributed by atoms with Gasteiger partial charge in [0.1, 0.15) is 0 Å². The van der Waals surface area contributed by atoms with Crippen LogP contribution in [0.5, 0.6) is 0 Å². The maximum absolute atomic E-state index is 4.69. The monoisotopic (exact) mass is 206 g/mol. The molecule has 0 saturated heterocycles. The summed E-state index contributed by atoms with van der Waals surface area (Å²) in [6.07, 6.45) is 3.55. The molecule has 0 aromatic carbocycles. The van der Waals surface area contributed by atoms with Gasteiger partial charge in [0.2, 0.25) is 0 Å². The van der Waals surface area contributed by atoms with Crippen molar-refractivity contribution in [2.45, 2.75) is 33.1 Å². The fourth-order valence-electron chi connectivity index (χ4n) is 1.99. The second kappa shape index (κ2) is 2.60. The van der Waals surface area contributed by atoms with Crippen LogP contribution in [0.1, 0.15) is 35.5 Å². The van der Waals surface area contributed by atoms with Crippen molar-refractivity contribution < 1.29 is 0 Å². The van der Waals surface area contributed by atoms with E-state index in [1.165, 1.54) is 22.7 Å². The smallest absolute Gasteiger partial charge is 0.194 e. The lowest BCUT2D eigenvalue weighted by molar-refractivity contribution is 0.893. The van der Waals surface area contributed by atoms with Crippen molar-refractivity contribution in [1.82, 2.24) is 9.38 Å². The summed E-state index contributed by atoms with van der Waals surface area (Å²) >= 11 is 1.80. The first-order chi connectivity index (χ1) is 6.66. The molecule has 2 aromatic rings. The zero-order valence-electron chi connectivity index (χ0n) is 8.74. The average molecular weight is 206 g/mol. The first-order valence-electron chi connectivity index (χ1n) is 5.12. The molecular formula is C11H14N2S. The molecule has 2 unspecified atom stereocenters. The number of aryl methyl sites for hydroxylation is 2. The van der Waals surface area contributed by atoms with Crippen molar-refractivity contribution in [1.29, 1.82) is 0 Å². The minimum Gasteiger partial charge on any atom is -0.294 e. The molecule has 0 spiro atoms. The number of fused-ring (bicyclic) bond motifs is 1. The number of thiazole rings is 1. The molecule has 1 fully saturated rings. The van der Waals surface area contributed by atoms with Crippen LogP contribution in [0.25, 0.3) is 4.96 Å². The number of rotatable bonds is 1. The van der Waals surface area contributed by atoms with Gasteiger partial charge >= 0.3 is 0 Å². The van der Waals surface area contributed by atoms with E-state index in [-0.39, 0.29) is 0 Å². The Morgan fingerprint density at radius 3 is 2.79 bits per heavy atom. The van der Waals surface area contributed by atoms with Crippen molar-refractivity contribution in [2.75, 3.05) is 0 Å². The first kappa shape index (κ1) is 8.48. The third-order valence-electron chi connectivity index (χ3n) is 3.30. The third kappa shape index (κ3) is 1.05. The Labute approximate surface area is 87.6 Å². The highest BCUT2D eigenvalue weighted by atomic mass is 32.1. The van der Waals surface area contributed by atoms with Gasteiger partial charge in [-0.3, -0.25) is 4.40 Å². The lowest BCUT2D eigenvalue weighted by Crippen LogP contribution is -1.83. The van der Waals surface area contributed by atoms with E-state index in [9.17, 15) is 0 Å². The third-order valence-corrected chi connectivity index (χ3v) is 4.37. The van der Waals surface area contributed by atoms with Crippen molar-refractivity contribution in [3.8, 4) is 0 Å². The number of hydrogen-bond acceptors (Lipinski definition) is 2. The van der Waals surface area contributed by atoms with Gasteiger partial charge in [0.15, 0.2) is 4.96 Å². The zero-order valence-corrected chi connectivity index (χ0v) is 9.56. The molecule has 0 aliphatic heterocycles. The fraction of sp³-hybridized carbons (Fsp3) is 0.545. The number of aromatic nitrogens is 2. The predicted octanol–water partition coefficient (Wildman–Crippen LogP) is 3.14. The Bertz CT molecular complexity index is 495. The SMILES string of the molecule is Cc1sc2nc(C3CC3C)cn2c1C. The van der Waals surface area contributed by atoms with Crippen molar-refractivity contribution in [3.63, 3.8) is 0 Å². The maximum Gasteiger partial charge on any atom is 0.194 e. The summed E-state index contributed by atoms with van der Waals surface area (Å²) in [5.74, 6) is 1.59. The minimum atomic E-state index is 0.738. The molecule has 3 rings (SSSR count). The van der Waals surface area contributed by atoms with Gasteiger partial charge in [0.25, 0.3) is 0 Å². The standard InChI is InChI=1S/C11H14N2S/c1-6-4-9(6)10-5-13-7(2)8(3)14-11(13)12-10/h5-6,9H,4H2,1-3H3. The molecule has 1 aliphatic rings. The number of nitrogens with zero attached hydrogens (tertiary/aromatic N) is 2. The van der Waals surface area contributed by atoms with E-state index in [4.69, 9.17) is 0 Å². The summed E-state index contributed by atoms with van der Waals surface area (Å²) < 4.78 is 2.24. The van der Waals surface area contributed by atoms with Crippen LogP contribution in [-0.2, 0) is 0 Å². The number of imidazole rings is 1. The molecule has 2 nitrogen and oxygen atoms in total. The largest absolute Gasteiger partial charge is 0.294 e. The van der Waals surface area contributed by atoms with Gasteiger partial charge in [0.05, 0.1) is 5.69 Å². The summed E-state index contributed by atoms with van der Waals surface area (Å²) in [5, 5.41) is 0. The van der Waals surface area contributed by atoms with Gasteiger partial charge < -0.3 is 0 Å². The molecule has 1 aliphatic carbocycles. The normalized spacial score (nSPS) is 25.9. The van der Waals surface area contributed by atoms with Crippen LogP contribution in [-0.4, -0.2) is 9.38 Å². The molecule has 0 bridgehead atoms. The van der Waals surface area contributed by atoms with Crippen molar-refractivity contribution in [3.05, 3.63) is 22.5 Å². The van der Waals surface area contributed by atoms with Crippen LogP contribution in [0.15, 0.2) is 6.20 Å². The second-order valence-corrected chi connectivity index (χ2v) is 5.56. The lowest BCUT2D eigenvalue weighted by atomic mass is 10.3. The molecule has 2 atom stereocenters. The quantitative estimate of drug-likeness (QED) is 0.700. The summed E-state index contributed by atoms with van der Waals surface area (Å²) in [6, 6.07) is 0. The molecule has 0 radical (unpaired) electrons. The van der Waals surface area contributed by atoms with Gasteiger partial charge in [-0.05, 0) is 26.2 Å². The molecule has 3 heteroatoms. The van der Waals surface area contributed by atoms with Crippen LogP contribution in [0.3, 0.4) is 0 Å². The predicted molar refractivity (Wildman–Crippen MR) is 59.1 cm³/mol. The van der Waals surface area contributed by atoms with Gasteiger partial charge in [-0.1, -0.05) is 6.92 Å². The van der Waals surface area contributed by atoms with Crippen LogP contribution < -0.4 is 0 Å². The van der Waals surface area contributed by atoms with E-state index in [1.807, 2.05) is 0 Å². The van der Waals surface area contributed by atoms with Gasteiger partial charge in [0, 0.05) is 22.7 Å². The summed E-state index contributed by atoms with van der Waals surface area (Å²) in [4.78, 5) is 7.23. The lowest BCUT2D eigenvalue weighted by Gasteiger charge is -1.90. The molecule has 14 heavy (non-hydrogen) atoms. The maximum atomic E-state index is 4.69. The van der Waals surface area contributed by atoms with E-state index in [0.29, 0.717) is 0 Å². The molecule has 0 amide bonds. The number of hydrogen-bond donors (Lipinski definition) is 0. The van der Waals surface area contributed by atoms with E-state index in [2.05, 4.69) is 36.4 Å². The Morgan fingerprint density at radius 1 is 1.50 bits per heavy atom. The summed E-state index contributed by atoms with van der Waals surface area (Å²) in [7, 11) is 0. The molecule has 0 N–H and O–H groups in total. The Kier molecular flexibility index (Phi) is 1.57. The van der Waals surface area contributed by atoms with Crippen LogP contribution in [0.2, 0.25) is 0 Å².